The van der Waals surface area contributed by atoms with Crippen molar-refractivity contribution in [1.82, 2.24) is 15.2 Å². The first-order chi connectivity index (χ1) is 12.5. The molecule has 1 heterocycles. The molecule has 26 heavy (non-hydrogen) atoms. The van der Waals surface area contributed by atoms with E-state index >= 15 is 0 Å². The Labute approximate surface area is 157 Å². The minimum Gasteiger partial charge on any atom is -0.378 e. The Morgan fingerprint density at radius 1 is 1.42 bits per heavy atom. The van der Waals surface area contributed by atoms with Gasteiger partial charge in [0.25, 0.3) is 5.69 Å². The highest BCUT2D eigenvalue weighted by molar-refractivity contribution is 7.09. The summed E-state index contributed by atoms with van der Waals surface area (Å²) in [6, 6.07) is 6.61. The second kappa shape index (κ2) is 9.71. The van der Waals surface area contributed by atoms with Crippen LogP contribution in [0, 0.1) is 17.0 Å². The fourth-order valence-electron chi connectivity index (χ4n) is 2.40. The van der Waals surface area contributed by atoms with Crippen LogP contribution < -0.4 is 10.6 Å². The van der Waals surface area contributed by atoms with E-state index in [2.05, 4.69) is 20.6 Å². The van der Waals surface area contributed by atoms with Crippen LogP contribution in [-0.2, 0) is 6.54 Å². The molecule has 9 heteroatoms. The molecule has 0 aliphatic rings. The van der Waals surface area contributed by atoms with Gasteiger partial charge in [0, 0.05) is 31.6 Å². The van der Waals surface area contributed by atoms with Gasteiger partial charge in [0.05, 0.1) is 28.7 Å². The summed E-state index contributed by atoms with van der Waals surface area (Å²) in [6.07, 6.45) is 0. The van der Waals surface area contributed by atoms with Gasteiger partial charge in [-0.15, -0.1) is 11.3 Å². The van der Waals surface area contributed by atoms with Crippen LogP contribution in [0.3, 0.4) is 0 Å². The van der Waals surface area contributed by atoms with E-state index in [9.17, 15) is 10.1 Å². The van der Waals surface area contributed by atoms with Gasteiger partial charge in [0.15, 0.2) is 5.96 Å². The van der Waals surface area contributed by atoms with Crippen molar-refractivity contribution in [2.24, 2.45) is 4.99 Å². The Morgan fingerprint density at radius 2 is 2.19 bits per heavy atom. The Hall–Kier alpha value is -2.68. The molecule has 2 aromatic rings. The minimum absolute atomic E-state index is 0.0689. The van der Waals surface area contributed by atoms with Crippen LogP contribution in [-0.4, -0.2) is 47.4 Å². The topological polar surface area (TPSA) is 95.7 Å². The quantitative estimate of drug-likeness (QED) is 0.242. The molecule has 2 rings (SSSR count). The number of aromatic nitrogens is 1. The van der Waals surface area contributed by atoms with Crippen molar-refractivity contribution in [3.05, 3.63) is 50.5 Å². The van der Waals surface area contributed by atoms with Crippen LogP contribution in [0.4, 0.5) is 11.4 Å². The molecular formula is C17H24N6O2S. The molecule has 0 saturated carbocycles. The number of guanidine groups is 1. The highest BCUT2D eigenvalue weighted by Crippen LogP contribution is 2.22. The van der Waals surface area contributed by atoms with Crippen LogP contribution in [0.2, 0.25) is 0 Å². The van der Waals surface area contributed by atoms with Gasteiger partial charge in [-0.25, -0.2) is 4.98 Å². The van der Waals surface area contributed by atoms with Gasteiger partial charge in [-0.2, -0.15) is 0 Å². The summed E-state index contributed by atoms with van der Waals surface area (Å²) < 4.78 is 0. The summed E-state index contributed by atoms with van der Waals surface area (Å²) in [6.45, 7) is 6.44. The molecule has 0 fully saturated rings. The lowest BCUT2D eigenvalue weighted by Gasteiger charge is -2.21. The van der Waals surface area contributed by atoms with Gasteiger partial charge < -0.3 is 15.5 Å². The highest BCUT2D eigenvalue weighted by atomic mass is 32.1. The van der Waals surface area contributed by atoms with Gasteiger partial charge >= 0.3 is 0 Å². The summed E-state index contributed by atoms with van der Waals surface area (Å²) in [5, 5.41) is 20.5. The summed E-state index contributed by atoms with van der Waals surface area (Å²) in [7, 11) is 1.96. The lowest BCUT2D eigenvalue weighted by Crippen LogP contribution is -2.38. The first kappa shape index (κ1) is 19.6. The number of para-hydroxylation sites is 2. The van der Waals surface area contributed by atoms with Crippen LogP contribution in [0.5, 0.6) is 0 Å². The first-order valence-corrected chi connectivity index (χ1v) is 9.27. The Balaban J connectivity index is 1.93. The van der Waals surface area contributed by atoms with Crippen molar-refractivity contribution in [1.29, 1.82) is 0 Å². The van der Waals surface area contributed by atoms with Crippen molar-refractivity contribution in [3.63, 3.8) is 0 Å². The van der Waals surface area contributed by atoms with E-state index in [-0.39, 0.29) is 10.6 Å². The van der Waals surface area contributed by atoms with Crippen molar-refractivity contribution < 1.29 is 4.92 Å². The van der Waals surface area contributed by atoms with Gasteiger partial charge in [0.2, 0.25) is 0 Å². The molecule has 8 nitrogen and oxygen atoms in total. The SMILES string of the molecule is CCNC(=NCCNc1ccccc1[N+](=O)[O-])N(C)Cc1csc(C)n1. The lowest BCUT2D eigenvalue weighted by molar-refractivity contribution is -0.384. The van der Waals surface area contributed by atoms with Gasteiger partial charge in [0.1, 0.15) is 5.69 Å². The maximum absolute atomic E-state index is 11.0. The number of nitro groups is 1. The van der Waals surface area contributed by atoms with Crippen LogP contribution >= 0.6 is 11.3 Å². The zero-order valence-electron chi connectivity index (χ0n) is 15.2. The third-order valence-corrected chi connectivity index (χ3v) is 4.37. The Morgan fingerprint density at radius 3 is 2.85 bits per heavy atom. The Kier molecular flexibility index (Phi) is 7.34. The van der Waals surface area contributed by atoms with E-state index in [1.807, 2.05) is 31.2 Å². The van der Waals surface area contributed by atoms with Crippen LogP contribution in [0.25, 0.3) is 0 Å². The smallest absolute Gasteiger partial charge is 0.292 e. The van der Waals surface area contributed by atoms with E-state index in [1.165, 1.54) is 6.07 Å². The number of hydrogen-bond acceptors (Lipinski definition) is 6. The van der Waals surface area contributed by atoms with Gasteiger partial charge in [-0.1, -0.05) is 12.1 Å². The molecule has 140 valence electrons. The van der Waals surface area contributed by atoms with Crippen LogP contribution in [0.1, 0.15) is 17.6 Å². The summed E-state index contributed by atoms with van der Waals surface area (Å²) >= 11 is 1.63. The fourth-order valence-corrected chi connectivity index (χ4v) is 3.01. The molecule has 1 aromatic carbocycles. The molecule has 0 unspecified atom stereocenters. The van der Waals surface area contributed by atoms with Gasteiger partial charge in [-0.05, 0) is 19.9 Å². The van der Waals surface area contributed by atoms with Crippen molar-refractivity contribution in [2.45, 2.75) is 20.4 Å². The van der Waals surface area contributed by atoms with Crippen LogP contribution in [0.15, 0.2) is 34.6 Å². The highest BCUT2D eigenvalue weighted by Gasteiger charge is 2.12. The molecular weight excluding hydrogens is 352 g/mol. The number of nitro benzene ring substituents is 1. The normalized spacial score (nSPS) is 11.3. The van der Waals surface area contributed by atoms with Crippen molar-refractivity contribution in [3.8, 4) is 0 Å². The lowest BCUT2D eigenvalue weighted by atomic mass is 10.2. The summed E-state index contributed by atoms with van der Waals surface area (Å²) in [5.41, 5.74) is 1.59. The maximum atomic E-state index is 11.0. The predicted octanol–water partition coefficient (Wildman–Crippen LogP) is 2.87. The van der Waals surface area contributed by atoms with Crippen molar-refractivity contribution in [2.75, 3.05) is 32.0 Å². The molecule has 0 aliphatic carbocycles. The molecule has 0 saturated heterocycles. The molecule has 0 spiro atoms. The molecule has 0 bridgehead atoms. The van der Waals surface area contributed by atoms with Crippen molar-refractivity contribution >= 4 is 28.7 Å². The third-order valence-electron chi connectivity index (χ3n) is 3.55. The van der Waals surface area contributed by atoms with E-state index in [0.29, 0.717) is 25.3 Å². The fraction of sp³-hybridized carbons (Fsp3) is 0.412. The standard InChI is InChI=1S/C17H24N6O2S/c1-4-18-17(22(3)11-14-12-26-13(2)21-14)20-10-9-19-15-7-5-6-8-16(15)23(24)25/h5-8,12,19H,4,9-11H2,1-3H3,(H,18,20). The number of rotatable bonds is 8. The third kappa shape index (κ3) is 5.69. The average molecular weight is 376 g/mol. The number of aliphatic imine (C=N–C) groups is 1. The molecule has 2 N–H and O–H groups in total. The largest absolute Gasteiger partial charge is 0.378 e. The molecule has 0 amide bonds. The second-order valence-electron chi connectivity index (χ2n) is 5.65. The Bertz CT molecular complexity index is 761. The van der Waals surface area contributed by atoms with E-state index in [1.54, 1.807) is 29.5 Å². The first-order valence-electron chi connectivity index (χ1n) is 8.39. The number of aryl methyl sites for hydroxylation is 1. The van der Waals surface area contributed by atoms with E-state index < -0.39 is 0 Å². The zero-order valence-corrected chi connectivity index (χ0v) is 16.0. The number of benzene rings is 1. The number of thiazole rings is 1. The van der Waals surface area contributed by atoms with E-state index in [4.69, 9.17) is 0 Å². The molecule has 1 aromatic heterocycles. The number of anilines is 1. The monoisotopic (exact) mass is 376 g/mol. The average Bonchev–Trinajstić information content (AvgIpc) is 3.02. The molecule has 0 radical (unpaired) electrons. The van der Waals surface area contributed by atoms with E-state index in [0.717, 1.165) is 23.2 Å². The second-order valence-corrected chi connectivity index (χ2v) is 6.71. The molecule has 0 atom stereocenters. The maximum Gasteiger partial charge on any atom is 0.292 e. The predicted molar refractivity (Wildman–Crippen MR) is 106 cm³/mol. The minimum atomic E-state index is -0.390. The summed E-state index contributed by atoms with van der Waals surface area (Å²) in [4.78, 5) is 21.7. The zero-order chi connectivity index (χ0) is 18.9. The number of nitrogens with one attached hydrogen (secondary N) is 2. The molecule has 0 aliphatic heterocycles. The number of nitrogens with zero attached hydrogens (tertiary/aromatic N) is 4. The summed E-state index contributed by atoms with van der Waals surface area (Å²) in [5.74, 6) is 0.780. The number of hydrogen-bond donors (Lipinski definition) is 2. The van der Waals surface area contributed by atoms with Gasteiger partial charge in [-0.3, -0.25) is 15.1 Å².